The molecule has 7 nitrogen and oxygen atoms in total. The van der Waals surface area contributed by atoms with Crippen LogP contribution in [0.15, 0.2) is 47.4 Å². The lowest BCUT2D eigenvalue weighted by Gasteiger charge is -2.31. The Kier molecular flexibility index (Phi) is 6.18. The van der Waals surface area contributed by atoms with Crippen LogP contribution in [0.4, 0.5) is 21.5 Å². The number of esters is 1. The van der Waals surface area contributed by atoms with Crippen LogP contribution in [-0.4, -0.2) is 25.7 Å². The summed E-state index contributed by atoms with van der Waals surface area (Å²) in [6.07, 6.45) is 1.47. The van der Waals surface area contributed by atoms with E-state index in [0.717, 1.165) is 18.6 Å². The van der Waals surface area contributed by atoms with Crippen LogP contribution in [0.25, 0.3) is 0 Å². The Morgan fingerprint density at radius 1 is 1.13 bits per heavy atom. The van der Waals surface area contributed by atoms with Crippen molar-refractivity contribution in [2.75, 3.05) is 15.4 Å². The molecule has 2 aromatic rings. The van der Waals surface area contributed by atoms with E-state index >= 15 is 0 Å². The molecule has 0 bridgehead atoms. The summed E-state index contributed by atoms with van der Waals surface area (Å²) in [5.41, 5.74) is 0.154. The Labute approximate surface area is 182 Å². The Morgan fingerprint density at radius 3 is 2.42 bits per heavy atom. The first-order chi connectivity index (χ1) is 14.4. The number of halogens is 1. The normalized spacial score (nSPS) is 18.0. The average molecular weight is 450 g/mol. The van der Waals surface area contributed by atoms with Gasteiger partial charge in [-0.05, 0) is 63.6 Å². The van der Waals surface area contributed by atoms with Gasteiger partial charge in [-0.3, -0.25) is 9.52 Å². The van der Waals surface area contributed by atoms with E-state index in [4.69, 9.17) is 4.74 Å². The van der Waals surface area contributed by atoms with Crippen LogP contribution in [0.1, 0.15) is 47.0 Å². The molecule has 2 aromatic carbocycles. The predicted octanol–water partition coefficient (Wildman–Crippen LogP) is 4.69. The quantitative estimate of drug-likeness (QED) is 0.531. The van der Waals surface area contributed by atoms with Crippen LogP contribution in [0.3, 0.4) is 0 Å². The van der Waals surface area contributed by atoms with Crippen molar-refractivity contribution in [1.29, 1.82) is 0 Å². The van der Waals surface area contributed by atoms with Gasteiger partial charge in [-0.25, -0.2) is 12.8 Å². The molecule has 3 rings (SSSR count). The summed E-state index contributed by atoms with van der Waals surface area (Å²) in [7, 11) is -3.92. The van der Waals surface area contributed by atoms with Crippen LogP contribution in [0.5, 0.6) is 0 Å². The third kappa shape index (κ3) is 5.46. The van der Waals surface area contributed by atoms with Gasteiger partial charge in [-0.1, -0.05) is 19.4 Å². The first-order valence-corrected chi connectivity index (χ1v) is 11.6. The van der Waals surface area contributed by atoms with Crippen molar-refractivity contribution in [3.8, 4) is 0 Å². The van der Waals surface area contributed by atoms with E-state index in [9.17, 15) is 17.6 Å². The Bertz CT molecular complexity index is 1070. The van der Waals surface area contributed by atoms with Gasteiger partial charge in [0.1, 0.15) is 17.1 Å². The number of hydrogen-bond acceptors (Lipinski definition) is 6. The molecule has 1 heterocycles. The summed E-state index contributed by atoms with van der Waals surface area (Å²) >= 11 is 0. The molecule has 168 valence electrons. The van der Waals surface area contributed by atoms with E-state index in [0.29, 0.717) is 23.5 Å². The Morgan fingerprint density at radius 2 is 1.81 bits per heavy atom. The first-order valence-electron chi connectivity index (χ1n) is 10.1. The van der Waals surface area contributed by atoms with Gasteiger partial charge >= 0.3 is 5.97 Å². The van der Waals surface area contributed by atoms with Gasteiger partial charge in [0.25, 0.3) is 10.0 Å². The Balaban J connectivity index is 1.87. The number of carbonyl (C=O) groups excluding carboxylic acids is 1. The lowest BCUT2D eigenvalue weighted by molar-refractivity contribution is -0.155. The zero-order valence-electron chi connectivity index (χ0n) is 18.1. The fraction of sp³-hybridized carbons (Fsp3) is 0.409. The summed E-state index contributed by atoms with van der Waals surface area (Å²) < 4.78 is 46.8. The molecule has 31 heavy (non-hydrogen) atoms. The molecule has 0 saturated carbocycles. The maximum absolute atomic E-state index is 13.2. The summed E-state index contributed by atoms with van der Waals surface area (Å²) in [4.78, 5) is 12.5. The predicted molar refractivity (Wildman–Crippen MR) is 119 cm³/mol. The van der Waals surface area contributed by atoms with Crippen LogP contribution in [0, 0.1) is 5.82 Å². The fourth-order valence-corrected chi connectivity index (χ4v) is 4.65. The highest BCUT2D eigenvalue weighted by atomic mass is 32.2. The van der Waals surface area contributed by atoms with Crippen molar-refractivity contribution in [2.45, 2.75) is 63.1 Å². The molecular formula is C22H28FN3O4S. The van der Waals surface area contributed by atoms with Crippen LogP contribution in [0.2, 0.25) is 0 Å². The van der Waals surface area contributed by atoms with Crippen molar-refractivity contribution in [2.24, 2.45) is 0 Å². The second-order valence-corrected chi connectivity index (χ2v) is 10.3. The lowest BCUT2D eigenvalue weighted by atomic mass is 10.0. The number of fused-ring (bicyclic) bond motifs is 1. The molecule has 1 atom stereocenters. The molecule has 0 amide bonds. The van der Waals surface area contributed by atoms with Gasteiger partial charge in [0.05, 0.1) is 28.4 Å². The SMILES string of the molecule is CCCC1(CC(=O)OC(C)(C)C)Nc2cccc(NS(=O)(=O)c3ccc(F)cc3)c2N1. The third-order valence-electron chi connectivity index (χ3n) is 4.71. The van der Waals surface area contributed by atoms with E-state index in [1.54, 1.807) is 12.1 Å². The van der Waals surface area contributed by atoms with Gasteiger partial charge in [0.2, 0.25) is 0 Å². The standard InChI is InChI=1S/C22H28FN3O4S/c1-5-13-22(14-19(27)30-21(2,3)4)24-17-7-6-8-18(20(17)25-22)26-31(28,29)16-11-9-15(23)10-12-16/h6-12,24-26H,5,13-14H2,1-4H3. The summed E-state index contributed by atoms with van der Waals surface area (Å²) in [6.45, 7) is 7.43. The molecule has 0 saturated heterocycles. The zero-order valence-corrected chi connectivity index (χ0v) is 18.9. The van der Waals surface area contributed by atoms with E-state index in [1.807, 2.05) is 33.8 Å². The van der Waals surface area contributed by atoms with Crippen molar-refractivity contribution < 1.29 is 22.3 Å². The minimum absolute atomic E-state index is 0.0500. The zero-order chi connectivity index (χ0) is 22.9. The molecule has 9 heteroatoms. The van der Waals surface area contributed by atoms with Crippen LogP contribution in [-0.2, 0) is 19.6 Å². The number of rotatable bonds is 7. The van der Waals surface area contributed by atoms with Crippen LogP contribution >= 0.6 is 0 Å². The summed E-state index contributed by atoms with van der Waals surface area (Å²) in [5, 5.41) is 6.66. The smallest absolute Gasteiger partial charge is 0.310 e. The number of para-hydroxylation sites is 1. The number of anilines is 3. The van der Waals surface area contributed by atoms with Gasteiger partial charge in [-0.2, -0.15) is 0 Å². The third-order valence-corrected chi connectivity index (χ3v) is 6.10. The lowest BCUT2D eigenvalue weighted by Crippen LogP contribution is -2.45. The number of hydrogen-bond donors (Lipinski definition) is 3. The van der Waals surface area contributed by atoms with E-state index < -0.39 is 27.1 Å². The minimum Gasteiger partial charge on any atom is -0.460 e. The van der Waals surface area contributed by atoms with Crippen molar-refractivity contribution in [3.63, 3.8) is 0 Å². The second kappa shape index (κ2) is 8.37. The number of sulfonamides is 1. The van der Waals surface area contributed by atoms with Crippen molar-refractivity contribution >= 4 is 33.1 Å². The molecule has 0 fully saturated rings. The highest BCUT2D eigenvalue weighted by molar-refractivity contribution is 7.92. The van der Waals surface area contributed by atoms with Gasteiger partial charge in [0, 0.05) is 0 Å². The molecule has 0 aromatic heterocycles. The largest absolute Gasteiger partial charge is 0.460 e. The molecule has 1 aliphatic heterocycles. The summed E-state index contributed by atoms with van der Waals surface area (Å²) in [5.74, 6) is -0.876. The van der Waals surface area contributed by atoms with Gasteiger partial charge < -0.3 is 15.4 Å². The second-order valence-electron chi connectivity index (χ2n) is 8.63. The van der Waals surface area contributed by atoms with E-state index in [2.05, 4.69) is 15.4 Å². The van der Waals surface area contributed by atoms with Crippen molar-refractivity contribution in [1.82, 2.24) is 0 Å². The number of ether oxygens (including phenoxy) is 1. The average Bonchev–Trinajstić information content (AvgIpc) is 2.99. The highest BCUT2D eigenvalue weighted by Crippen LogP contribution is 2.43. The molecule has 0 spiro atoms. The number of carbonyl (C=O) groups is 1. The fourth-order valence-electron chi connectivity index (χ4n) is 3.57. The van der Waals surface area contributed by atoms with E-state index in [-0.39, 0.29) is 17.3 Å². The molecule has 0 radical (unpaired) electrons. The summed E-state index contributed by atoms with van der Waals surface area (Å²) in [6, 6.07) is 9.75. The van der Waals surface area contributed by atoms with Gasteiger partial charge in [-0.15, -0.1) is 0 Å². The molecule has 3 N–H and O–H groups in total. The monoisotopic (exact) mass is 449 g/mol. The van der Waals surface area contributed by atoms with E-state index in [1.165, 1.54) is 12.1 Å². The first kappa shape index (κ1) is 22.9. The molecule has 1 unspecified atom stereocenters. The Hall–Kier alpha value is -2.81. The van der Waals surface area contributed by atoms with Crippen LogP contribution < -0.4 is 15.4 Å². The molecule has 1 aliphatic rings. The topological polar surface area (TPSA) is 96.5 Å². The van der Waals surface area contributed by atoms with Gasteiger partial charge in [0.15, 0.2) is 0 Å². The van der Waals surface area contributed by atoms with Crippen molar-refractivity contribution in [3.05, 3.63) is 48.3 Å². The minimum atomic E-state index is -3.92. The maximum atomic E-state index is 13.2. The molecular weight excluding hydrogens is 421 g/mol. The molecule has 0 aliphatic carbocycles. The maximum Gasteiger partial charge on any atom is 0.310 e. The number of benzene rings is 2. The highest BCUT2D eigenvalue weighted by Gasteiger charge is 2.40. The number of nitrogens with one attached hydrogen (secondary N) is 3.